The Hall–Kier alpha value is -2.33. The highest BCUT2D eigenvalue weighted by molar-refractivity contribution is 5.79. The van der Waals surface area contributed by atoms with E-state index in [0.29, 0.717) is 5.69 Å². The Morgan fingerprint density at radius 3 is 2.76 bits per heavy atom. The van der Waals surface area contributed by atoms with Crippen LogP contribution in [0.15, 0.2) is 48.7 Å². The molecule has 0 aliphatic heterocycles. The van der Waals surface area contributed by atoms with Crippen molar-refractivity contribution in [2.75, 3.05) is 7.05 Å². The molecule has 0 aliphatic carbocycles. The molecule has 1 aromatic carbocycles. The fourth-order valence-corrected chi connectivity index (χ4v) is 2.50. The van der Waals surface area contributed by atoms with Gasteiger partial charge in [-0.2, -0.15) is 0 Å². The van der Waals surface area contributed by atoms with Gasteiger partial charge in [0, 0.05) is 17.3 Å². The van der Waals surface area contributed by atoms with Gasteiger partial charge in [-0.05, 0) is 49.9 Å². The predicted octanol–water partition coefficient (Wildman–Crippen LogP) is 3.39. The standard InChI is InChI=1S/C17H16FN3/c1-11-5-6-12-10-13(7-8-15(12)21-11)16(19-2)17-14(18)4-3-9-20-17/h3-10,16,19H,1-2H3. The number of hydrogen-bond donors (Lipinski definition) is 1. The lowest BCUT2D eigenvalue weighted by molar-refractivity contribution is 0.560. The van der Waals surface area contributed by atoms with Gasteiger partial charge < -0.3 is 5.32 Å². The van der Waals surface area contributed by atoms with Crippen molar-refractivity contribution in [3.05, 3.63) is 71.4 Å². The molecule has 3 nitrogen and oxygen atoms in total. The Morgan fingerprint density at radius 2 is 2.00 bits per heavy atom. The molecule has 4 heteroatoms. The molecule has 1 atom stereocenters. The lowest BCUT2D eigenvalue weighted by Crippen LogP contribution is -2.20. The van der Waals surface area contributed by atoms with Crippen LogP contribution in [-0.2, 0) is 0 Å². The van der Waals surface area contributed by atoms with Gasteiger partial charge >= 0.3 is 0 Å². The normalized spacial score (nSPS) is 12.5. The SMILES string of the molecule is CNC(c1ccc2nc(C)ccc2c1)c1ncccc1F. The molecule has 21 heavy (non-hydrogen) atoms. The van der Waals surface area contributed by atoms with Gasteiger partial charge in [-0.1, -0.05) is 12.1 Å². The van der Waals surface area contributed by atoms with Crippen molar-refractivity contribution in [3.8, 4) is 0 Å². The van der Waals surface area contributed by atoms with Crippen LogP contribution < -0.4 is 5.32 Å². The van der Waals surface area contributed by atoms with Gasteiger partial charge in [0.25, 0.3) is 0 Å². The molecule has 1 unspecified atom stereocenters. The minimum Gasteiger partial charge on any atom is -0.308 e. The number of rotatable bonds is 3. The Bertz CT molecular complexity index is 786. The maximum atomic E-state index is 14.0. The summed E-state index contributed by atoms with van der Waals surface area (Å²) in [7, 11) is 1.80. The van der Waals surface area contributed by atoms with E-state index in [-0.39, 0.29) is 11.9 Å². The predicted molar refractivity (Wildman–Crippen MR) is 81.6 cm³/mol. The lowest BCUT2D eigenvalue weighted by Gasteiger charge is -2.17. The van der Waals surface area contributed by atoms with Gasteiger partial charge in [0.1, 0.15) is 5.82 Å². The van der Waals surface area contributed by atoms with Gasteiger partial charge in [-0.3, -0.25) is 9.97 Å². The van der Waals surface area contributed by atoms with Gasteiger partial charge in [-0.25, -0.2) is 4.39 Å². The van der Waals surface area contributed by atoms with Crippen LogP contribution in [0, 0.1) is 12.7 Å². The van der Waals surface area contributed by atoms with E-state index in [9.17, 15) is 4.39 Å². The van der Waals surface area contributed by atoms with Crippen LogP contribution in [0.4, 0.5) is 4.39 Å². The number of aryl methyl sites for hydroxylation is 1. The summed E-state index contributed by atoms with van der Waals surface area (Å²) in [5, 5.41) is 4.17. The Labute approximate surface area is 122 Å². The van der Waals surface area contributed by atoms with Crippen LogP contribution in [0.2, 0.25) is 0 Å². The minimum absolute atomic E-state index is 0.281. The first-order chi connectivity index (χ1) is 10.2. The molecule has 106 valence electrons. The summed E-state index contributed by atoms with van der Waals surface area (Å²) in [4.78, 5) is 8.65. The van der Waals surface area contributed by atoms with E-state index in [1.807, 2.05) is 37.3 Å². The largest absolute Gasteiger partial charge is 0.308 e. The summed E-state index contributed by atoms with van der Waals surface area (Å²) >= 11 is 0. The summed E-state index contributed by atoms with van der Waals surface area (Å²) in [6, 6.07) is 12.7. The molecule has 3 aromatic rings. The van der Waals surface area contributed by atoms with E-state index in [4.69, 9.17) is 0 Å². The number of fused-ring (bicyclic) bond motifs is 1. The third-order valence-corrected chi connectivity index (χ3v) is 3.53. The molecule has 0 saturated carbocycles. The molecular weight excluding hydrogens is 265 g/mol. The molecule has 0 radical (unpaired) electrons. The van der Waals surface area contributed by atoms with Crippen molar-refractivity contribution in [3.63, 3.8) is 0 Å². The Morgan fingerprint density at radius 1 is 1.14 bits per heavy atom. The van der Waals surface area contributed by atoms with E-state index in [0.717, 1.165) is 22.2 Å². The van der Waals surface area contributed by atoms with Crippen molar-refractivity contribution in [1.82, 2.24) is 15.3 Å². The van der Waals surface area contributed by atoms with Crippen molar-refractivity contribution in [2.45, 2.75) is 13.0 Å². The third kappa shape index (κ3) is 2.62. The first-order valence-electron chi connectivity index (χ1n) is 6.84. The molecule has 2 aromatic heterocycles. The molecule has 0 bridgehead atoms. The highest BCUT2D eigenvalue weighted by Gasteiger charge is 2.17. The first kappa shape index (κ1) is 13.6. The molecule has 0 aliphatic rings. The molecule has 0 spiro atoms. The van der Waals surface area contributed by atoms with Crippen LogP contribution in [0.3, 0.4) is 0 Å². The van der Waals surface area contributed by atoms with E-state index in [2.05, 4.69) is 15.3 Å². The highest BCUT2D eigenvalue weighted by atomic mass is 19.1. The monoisotopic (exact) mass is 281 g/mol. The Balaban J connectivity index is 2.09. The maximum Gasteiger partial charge on any atom is 0.146 e. The summed E-state index contributed by atoms with van der Waals surface area (Å²) in [5.74, 6) is -0.307. The Kier molecular flexibility index (Phi) is 3.62. The summed E-state index contributed by atoms with van der Waals surface area (Å²) < 4.78 is 14.0. The number of nitrogens with one attached hydrogen (secondary N) is 1. The summed E-state index contributed by atoms with van der Waals surface area (Å²) in [6.07, 6.45) is 1.61. The van der Waals surface area contributed by atoms with Crippen molar-refractivity contribution < 1.29 is 4.39 Å². The van der Waals surface area contributed by atoms with Crippen molar-refractivity contribution >= 4 is 10.9 Å². The van der Waals surface area contributed by atoms with Crippen molar-refractivity contribution in [2.24, 2.45) is 0 Å². The third-order valence-electron chi connectivity index (χ3n) is 3.53. The number of nitrogens with zero attached hydrogens (tertiary/aromatic N) is 2. The molecule has 1 N–H and O–H groups in total. The highest BCUT2D eigenvalue weighted by Crippen LogP contribution is 2.25. The zero-order chi connectivity index (χ0) is 14.8. The molecule has 3 rings (SSSR count). The van der Waals surface area contributed by atoms with E-state index < -0.39 is 0 Å². The van der Waals surface area contributed by atoms with Crippen LogP contribution in [-0.4, -0.2) is 17.0 Å². The molecule has 0 fully saturated rings. The first-order valence-corrected chi connectivity index (χ1v) is 6.84. The number of halogens is 1. The zero-order valence-electron chi connectivity index (χ0n) is 12.0. The smallest absolute Gasteiger partial charge is 0.146 e. The van der Waals surface area contributed by atoms with Crippen LogP contribution in [0.5, 0.6) is 0 Å². The fraction of sp³-hybridized carbons (Fsp3) is 0.176. The second kappa shape index (κ2) is 5.58. The number of benzene rings is 1. The minimum atomic E-state index is -0.307. The van der Waals surface area contributed by atoms with Gasteiger partial charge in [0.2, 0.25) is 0 Å². The van der Waals surface area contributed by atoms with Gasteiger partial charge in [0.15, 0.2) is 0 Å². The quantitative estimate of drug-likeness (QED) is 0.799. The van der Waals surface area contributed by atoms with E-state index in [1.54, 1.807) is 19.3 Å². The molecule has 0 saturated heterocycles. The average molecular weight is 281 g/mol. The summed E-state index contributed by atoms with van der Waals surface area (Å²) in [6.45, 7) is 1.97. The average Bonchev–Trinajstić information content (AvgIpc) is 2.50. The van der Waals surface area contributed by atoms with Crippen LogP contribution >= 0.6 is 0 Å². The van der Waals surface area contributed by atoms with E-state index >= 15 is 0 Å². The van der Waals surface area contributed by atoms with Gasteiger partial charge in [-0.15, -0.1) is 0 Å². The maximum absolute atomic E-state index is 14.0. The number of aromatic nitrogens is 2. The fourth-order valence-electron chi connectivity index (χ4n) is 2.50. The van der Waals surface area contributed by atoms with Gasteiger partial charge in [0.05, 0.1) is 17.3 Å². The van der Waals surface area contributed by atoms with Crippen molar-refractivity contribution in [1.29, 1.82) is 0 Å². The van der Waals surface area contributed by atoms with Crippen LogP contribution in [0.25, 0.3) is 10.9 Å². The lowest BCUT2D eigenvalue weighted by atomic mass is 10.0. The molecular formula is C17H16FN3. The second-order valence-electron chi connectivity index (χ2n) is 5.00. The topological polar surface area (TPSA) is 37.8 Å². The number of hydrogen-bond acceptors (Lipinski definition) is 3. The number of pyridine rings is 2. The van der Waals surface area contributed by atoms with E-state index in [1.165, 1.54) is 6.07 Å². The summed E-state index contributed by atoms with van der Waals surface area (Å²) in [5.41, 5.74) is 3.29. The second-order valence-corrected chi connectivity index (χ2v) is 5.00. The molecule has 0 amide bonds. The molecule has 2 heterocycles. The zero-order valence-corrected chi connectivity index (χ0v) is 12.0. The van der Waals surface area contributed by atoms with Crippen LogP contribution in [0.1, 0.15) is 23.0 Å².